The van der Waals surface area contributed by atoms with Gasteiger partial charge in [0.25, 0.3) is 10.0 Å². The first-order chi connectivity index (χ1) is 10.6. The molecule has 3 rings (SSSR count). The first-order valence-electron chi connectivity index (χ1n) is 6.98. The minimum absolute atomic E-state index is 0.132. The van der Waals surface area contributed by atoms with E-state index in [9.17, 15) is 13.2 Å². The quantitative estimate of drug-likeness (QED) is 0.695. The molecule has 0 spiro atoms. The maximum atomic E-state index is 12.9. The fourth-order valence-corrected chi connectivity index (χ4v) is 4.01. The van der Waals surface area contributed by atoms with E-state index < -0.39 is 10.0 Å². The highest BCUT2D eigenvalue weighted by atomic mass is 32.2. The fourth-order valence-electron chi connectivity index (χ4n) is 2.51. The summed E-state index contributed by atoms with van der Waals surface area (Å²) in [5, 5.41) is 0.735. The molecule has 0 saturated heterocycles. The average molecular weight is 313 g/mol. The van der Waals surface area contributed by atoms with Crippen LogP contribution in [-0.4, -0.2) is 18.7 Å². The Labute approximate surface area is 129 Å². The number of hydrogen-bond donors (Lipinski definition) is 0. The highest BCUT2D eigenvalue weighted by molar-refractivity contribution is 7.90. The second kappa shape index (κ2) is 5.42. The van der Waals surface area contributed by atoms with Gasteiger partial charge in [0.05, 0.1) is 16.1 Å². The molecular weight excluding hydrogens is 298 g/mol. The van der Waals surface area contributed by atoms with E-state index in [1.807, 2.05) is 25.1 Å². The van der Waals surface area contributed by atoms with Crippen molar-refractivity contribution >= 4 is 27.2 Å². The van der Waals surface area contributed by atoms with Crippen LogP contribution in [0.2, 0.25) is 0 Å². The predicted octanol–water partition coefficient (Wildman–Crippen LogP) is 3.25. The van der Waals surface area contributed by atoms with Crippen LogP contribution in [-0.2, 0) is 16.4 Å². The van der Waals surface area contributed by atoms with Crippen LogP contribution in [0.4, 0.5) is 0 Å². The van der Waals surface area contributed by atoms with Gasteiger partial charge in [0.15, 0.2) is 6.29 Å². The van der Waals surface area contributed by atoms with Gasteiger partial charge >= 0.3 is 0 Å². The lowest BCUT2D eigenvalue weighted by molar-refractivity contribution is 0.111. The Morgan fingerprint density at radius 3 is 2.41 bits per heavy atom. The summed E-state index contributed by atoms with van der Waals surface area (Å²) in [5.41, 5.74) is 1.69. The number of nitrogens with zero attached hydrogens (tertiary/aromatic N) is 1. The molecule has 0 N–H and O–H groups in total. The highest BCUT2D eigenvalue weighted by Crippen LogP contribution is 2.26. The van der Waals surface area contributed by atoms with E-state index in [0.717, 1.165) is 21.3 Å². The molecule has 5 heteroatoms. The molecule has 0 bridgehead atoms. The SMILES string of the molecule is CCc1ccc2cc(C=O)n(S(=O)(=O)c3ccccc3)c2c1. The Kier molecular flexibility index (Phi) is 3.58. The van der Waals surface area contributed by atoms with Crippen LogP contribution in [0, 0.1) is 0 Å². The van der Waals surface area contributed by atoms with Crippen molar-refractivity contribution in [3.8, 4) is 0 Å². The molecule has 1 aromatic heterocycles. The van der Waals surface area contributed by atoms with Crippen LogP contribution >= 0.6 is 0 Å². The van der Waals surface area contributed by atoms with Crippen molar-refractivity contribution in [1.82, 2.24) is 3.97 Å². The average Bonchev–Trinajstić information content (AvgIpc) is 2.93. The molecule has 0 radical (unpaired) electrons. The summed E-state index contributed by atoms with van der Waals surface area (Å²) >= 11 is 0. The minimum atomic E-state index is -3.80. The van der Waals surface area contributed by atoms with E-state index in [-0.39, 0.29) is 10.6 Å². The molecule has 4 nitrogen and oxygen atoms in total. The zero-order valence-electron chi connectivity index (χ0n) is 12.1. The molecule has 22 heavy (non-hydrogen) atoms. The van der Waals surface area contributed by atoms with Gasteiger partial charge in [0, 0.05) is 5.39 Å². The molecule has 1 heterocycles. The van der Waals surface area contributed by atoms with E-state index in [1.165, 1.54) is 12.1 Å². The van der Waals surface area contributed by atoms with Crippen molar-refractivity contribution in [2.75, 3.05) is 0 Å². The van der Waals surface area contributed by atoms with Gasteiger partial charge in [0.1, 0.15) is 0 Å². The highest BCUT2D eigenvalue weighted by Gasteiger charge is 2.22. The van der Waals surface area contributed by atoms with E-state index in [1.54, 1.807) is 24.3 Å². The molecule has 0 atom stereocenters. The van der Waals surface area contributed by atoms with Crippen LogP contribution < -0.4 is 0 Å². The van der Waals surface area contributed by atoms with Gasteiger partial charge in [-0.15, -0.1) is 0 Å². The number of carbonyl (C=O) groups is 1. The predicted molar refractivity (Wildman–Crippen MR) is 85.7 cm³/mol. The van der Waals surface area contributed by atoms with Gasteiger partial charge < -0.3 is 0 Å². The second-order valence-corrected chi connectivity index (χ2v) is 6.80. The lowest BCUT2D eigenvalue weighted by atomic mass is 10.1. The molecule has 0 aliphatic rings. The van der Waals surface area contributed by atoms with Gasteiger partial charge in [-0.05, 0) is 36.2 Å². The van der Waals surface area contributed by atoms with Crippen LogP contribution in [0.5, 0.6) is 0 Å². The third-order valence-corrected chi connectivity index (χ3v) is 5.42. The van der Waals surface area contributed by atoms with Crippen LogP contribution in [0.3, 0.4) is 0 Å². The molecule has 0 amide bonds. The van der Waals surface area contributed by atoms with Crippen molar-refractivity contribution in [2.24, 2.45) is 0 Å². The van der Waals surface area contributed by atoms with Crippen LogP contribution in [0.1, 0.15) is 23.0 Å². The van der Waals surface area contributed by atoms with E-state index in [2.05, 4.69) is 0 Å². The zero-order chi connectivity index (χ0) is 15.7. The number of aryl methyl sites for hydroxylation is 1. The number of aromatic nitrogens is 1. The smallest absolute Gasteiger partial charge is 0.268 e. The normalized spacial score (nSPS) is 11.7. The van der Waals surface area contributed by atoms with Gasteiger partial charge in [-0.2, -0.15) is 0 Å². The fraction of sp³-hybridized carbons (Fsp3) is 0.118. The molecule has 0 aliphatic heterocycles. The Hall–Kier alpha value is -2.40. The first kappa shape index (κ1) is 14.5. The monoisotopic (exact) mass is 313 g/mol. The number of benzene rings is 2. The second-order valence-electron chi connectivity index (χ2n) is 5.02. The molecule has 2 aromatic carbocycles. The van der Waals surface area contributed by atoms with Gasteiger partial charge in [0.2, 0.25) is 0 Å². The molecule has 0 unspecified atom stereocenters. The van der Waals surface area contributed by atoms with E-state index in [0.29, 0.717) is 11.8 Å². The first-order valence-corrected chi connectivity index (χ1v) is 8.42. The van der Waals surface area contributed by atoms with Crippen LogP contribution in [0.15, 0.2) is 59.5 Å². The van der Waals surface area contributed by atoms with Gasteiger partial charge in [-0.25, -0.2) is 12.4 Å². The van der Waals surface area contributed by atoms with E-state index >= 15 is 0 Å². The molecule has 0 saturated carbocycles. The third-order valence-electron chi connectivity index (χ3n) is 3.66. The van der Waals surface area contributed by atoms with Gasteiger partial charge in [-0.1, -0.05) is 37.3 Å². The topological polar surface area (TPSA) is 56.1 Å². The lowest BCUT2D eigenvalue weighted by Gasteiger charge is -2.10. The maximum Gasteiger partial charge on any atom is 0.268 e. The summed E-state index contributed by atoms with van der Waals surface area (Å²) in [6.07, 6.45) is 1.37. The summed E-state index contributed by atoms with van der Waals surface area (Å²) in [7, 11) is -3.80. The van der Waals surface area contributed by atoms with Crippen molar-refractivity contribution < 1.29 is 13.2 Å². The Bertz CT molecular complexity index is 941. The third kappa shape index (κ3) is 2.23. The van der Waals surface area contributed by atoms with E-state index in [4.69, 9.17) is 0 Å². The molecule has 112 valence electrons. The lowest BCUT2D eigenvalue weighted by Crippen LogP contribution is -2.15. The summed E-state index contributed by atoms with van der Waals surface area (Å²) < 4.78 is 26.9. The summed E-state index contributed by atoms with van der Waals surface area (Å²) in [5.74, 6) is 0. The number of rotatable bonds is 4. The minimum Gasteiger partial charge on any atom is -0.296 e. The van der Waals surface area contributed by atoms with Crippen molar-refractivity contribution in [3.63, 3.8) is 0 Å². The van der Waals surface area contributed by atoms with Crippen molar-refractivity contribution in [3.05, 3.63) is 65.9 Å². The maximum absolute atomic E-state index is 12.9. The zero-order valence-corrected chi connectivity index (χ0v) is 12.9. The molecule has 0 aliphatic carbocycles. The van der Waals surface area contributed by atoms with Gasteiger partial charge in [-0.3, -0.25) is 4.79 Å². The summed E-state index contributed by atoms with van der Waals surface area (Å²) in [4.78, 5) is 11.5. The summed E-state index contributed by atoms with van der Waals surface area (Å²) in [6.45, 7) is 2.00. The molecular formula is C17H15NO3S. The van der Waals surface area contributed by atoms with Crippen molar-refractivity contribution in [2.45, 2.75) is 18.2 Å². The Morgan fingerprint density at radius 2 is 1.77 bits per heavy atom. The number of aldehydes is 1. The number of carbonyl (C=O) groups excluding carboxylic acids is 1. The Balaban J connectivity index is 2.36. The number of fused-ring (bicyclic) bond motifs is 1. The Morgan fingerprint density at radius 1 is 1.05 bits per heavy atom. The largest absolute Gasteiger partial charge is 0.296 e. The van der Waals surface area contributed by atoms with Crippen LogP contribution in [0.25, 0.3) is 10.9 Å². The standard InChI is InChI=1S/C17H15NO3S/c1-2-13-8-9-14-11-15(12-19)18(17(14)10-13)22(20,21)16-6-4-3-5-7-16/h3-12H,2H2,1H3. The van der Waals surface area contributed by atoms with Crippen molar-refractivity contribution in [1.29, 1.82) is 0 Å². The molecule has 3 aromatic rings. The molecule has 0 fully saturated rings. The number of hydrogen-bond acceptors (Lipinski definition) is 3. The summed E-state index contributed by atoms with van der Waals surface area (Å²) in [6, 6.07) is 15.3.